The Morgan fingerprint density at radius 3 is 2.36 bits per heavy atom. The molecule has 0 radical (unpaired) electrons. The highest BCUT2D eigenvalue weighted by atomic mass is 16.5. The van der Waals surface area contributed by atoms with Gasteiger partial charge in [-0.3, -0.25) is 9.59 Å². The van der Waals surface area contributed by atoms with E-state index in [1.807, 2.05) is 24.3 Å². The van der Waals surface area contributed by atoms with Crippen LogP contribution in [-0.4, -0.2) is 50.6 Å². The number of carbonyl (C=O) groups is 3. The van der Waals surface area contributed by atoms with Gasteiger partial charge in [0, 0.05) is 12.0 Å². The van der Waals surface area contributed by atoms with Crippen LogP contribution in [0.4, 0.5) is 0 Å². The zero-order valence-corrected chi connectivity index (χ0v) is 22.5. The summed E-state index contributed by atoms with van der Waals surface area (Å²) in [7, 11) is 4.24. The fraction of sp³-hybridized carbons (Fsp3) is 0.290. The lowest BCUT2D eigenvalue weighted by molar-refractivity contribution is -0.140. The fourth-order valence-corrected chi connectivity index (χ4v) is 3.80. The third kappa shape index (κ3) is 8.81. The lowest BCUT2D eigenvalue weighted by Crippen LogP contribution is -2.11. The molecule has 8 heteroatoms. The second-order valence-electron chi connectivity index (χ2n) is 8.65. The molecule has 1 aromatic heterocycles. The van der Waals surface area contributed by atoms with Crippen LogP contribution in [0.15, 0.2) is 66.7 Å². The zero-order chi connectivity index (χ0) is 28.0. The molecule has 0 saturated heterocycles. The van der Waals surface area contributed by atoms with E-state index in [1.54, 1.807) is 31.4 Å². The van der Waals surface area contributed by atoms with E-state index in [0.29, 0.717) is 24.3 Å². The molecule has 0 N–H and O–H groups in total. The number of aromatic nitrogens is 1. The summed E-state index contributed by atoms with van der Waals surface area (Å²) < 4.78 is 20.7. The number of esters is 2. The number of hydrogen-bond donors (Lipinski definition) is 0. The van der Waals surface area contributed by atoms with Crippen LogP contribution >= 0.6 is 0 Å². The molecule has 0 aliphatic carbocycles. The first-order valence-electron chi connectivity index (χ1n) is 12.7. The first kappa shape index (κ1) is 29.1. The molecule has 0 saturated carbocycles. The first-order chi connectivity index (χ1) is 18.9. The number of allylic oxidation sites excluding steroid dienone is 1. The smallest absolute Gasteiger partial charge is 0.356 e. The molecule has 0 fully saturated rings. The van der Waals surface area contributed by atoms with Crippen molar-refractivity contribution >= 4 is 23.8 Å². The number of methoxy groups -OCH3 is 3. The van der Waals surface area contributed by atoms with Gasteiger partial charge in [-0.2, -0.15) is 0 Å². The highest BCUT2D eigenvalue weighted by Crippen LogP contribution is 2.24. The maximum Gasteiger partial charge on any atom is 0.356 e. The SMILES string of the molecule is COC(=O)CCc1cc(C(=O)c2cccc(C(=O)OC)n2)ccc1OCCCC/C=C/c1ccc(OC)cc1. The van der Waals surface area contributed by atoms with E-state index in [-0.39, 0.29) is 29.6 Å². The number of carbonyl (C=O) groups excluding carboxylic acids is 3. The van der Waals surface area contributed by atoms with Crippen molar-refractivity contribution < 1.29 is 33.3 Å². The summed E-state index contributed by atoms with van der Waals surface area (Å²) in [5.41, 5.74) is 2.38. The second-order valence-corrected chi connectivity index (χ2v) is 8.65. The Hall–Kier alpha value is -4.46. The summed E-state index contributed by atoms with van der Waals surface area (Å²) in [6, 6.07) is 17.6. The average Bonchev–Trinajstić information content (AvgIpc) is 2.99. The number of ether oxygens (including phenoxy) is 4. The van der Waals surface area contributed by atoms with Gasteiger partial charge in [0.2, 0.25) is 5.78 Å². The largest absolute Gasteiger partial charge is 0.497 e. The van der Waals surface area contributed by atoms with E-state index in [1.165, 1.54) is 26.4 Å². The summed E-state index contributed by atoms with van der Waals surface area (Å²) >= 11 is 0. The molecule has 0 amide bonds. The predicted octanol–water partition coefficient (Wildman–Crippen LogP) is 5.48. The molecule has 0 atom stereocenters. The lowest BCUT2D eigenvalue weighted by Gasteiger charge is -2.13. The van der Waals surface area contributed by atoms with Crippen LogP contribution < -0.4 is 9.47 Å². The van der Waals surface area contributed by atoms with Gasteiger partial charge >= 0.3 is 11.9 Å². The molecular weight excluding hydrogens is 498 g/mol. The highest BCUT2D eigenvalue weighted by Gasteiger charge is 2.17. The average molecular weight is 532 g/mol. The molecule has 0 unspecified atom stereocenters. The van der Waals surface area contributed by atoms with Crippen LogP contribution in [0.2, 0.25) is 0 Å². The molecule has 0 aliphatic heterocycles. The maximum atomic E-state index is 13.1. The van der Waals surface area contributed by atoms with Crippen LogP contribution in [0.1, 0.15) is 63.4 Å². The summed E-state index contributed by atoms with van der Waals surface area (Å²) in [4.78, 5) is 40.8. The molecule has 204 valence electrons. The van der Waals surface area contributed by atoms with Gasteiger partial charge in [-0.05, 0) is 79.3 Å². The van der Waals surface area contributed by atoms with Gasteiger partial charge in [0.15, 0.2) is 0 Å². The first-order valence-corrected chi connectivity index (χ1v) is 12.7. The van der Waals surface area contributed by atoms with Gasteiger partial charge in [0.1, 0.15) is 22.9 Å². The normalized spacial score (nSPS) is 10.7. The maximum absolute atomic E-state index is 13.1. The number of unbranched alkanes of at least 4 members (excludes halogenated alkanes) is 2. The van der Waals surface area contributed by atoms with Crippen molar-refractivity contribution in [3.05, 3.63) is 94.8 Å². The Morgan fingerprint density at radius 1 is 0.872 bits per heavy atom. The van der Waals surface area contributed by atoms with E-state index >= 15 is 0 Å². The molecule has 8 nitrogen and oxygen atoms in total. The van der Waals surface area contributed by atoms with Crippen molar-refractivity contribution in [3.63, 3.8) is 0 Å². The molecule has 0 aliphatic rings. The van der Waals surface area contributed by atoms with E-state index < -0.39 is 5.97 Å². The second kappa shape index (κ2) is 15.1. The van der Waals surface area contributed by atoms with Crippen LogP contribution in [0.5, 0.6) is 11.5 Å². The van der Waals surface area contributed by atoms with Crippen LogP contribution in [0.25, 0.3) is 6.08 Å². The van der Waals surface area contributed by atoms with Crippen LogP contribution in [0, 0.1) is 0 Å². The summed E-state index contributed by atoms with van der Waals surface area (Å²) in [6.45, 7) is 0.498. The molecule has 1 heterocycles. The Labute approximate surface area is 228 Å². The topological polar surface area (TPSA) is 101 Å². The lowest BCUT2D eigenvalue weighted by atomic mass is 10.0. The molecule has 39 heavy (non-hydrogen) atoms. The van der Waals surface area contributed by atoms with Crippen molar-refractivity contribution in [2.45, 2.75) is 32.1 Å². The van der Waals surface area contributed by atoms with Crippen LogP contribution in [0.3, 0.4) is 0 Å². The molecular formula is C31H33NO7. The van der Waals surface area contributed by atoms with Gasteiger partial charge in [0.25, 0.3) is 0 Å². The van der Waals surface area contributed by atoms with Gasteiger partial charge in [0.05, 0.1) is 27.9 Å². The molecule has 3 rings (SSSR count). The molecule has 0 spiro atoms. The number of hydrogen-bond acceptors (Lipinski definition) is 8. The summed E-state index contributed by atoms with van der Waals surface area (Å²) in [5, 5.41) is 0. The van der Waals surface area contributed by atoms with Crippen molar-refractivity contribution in [2.75, 3.05) is 27.9 Å². The monoisotopic (exact) mass is 531 g/mol. The number of nitrogens with zero attached hydrogens (tertiary/aromatic N) is 1. The van der Waals surface area contributed by atoms with E-state index in [2.05, 4.69) is 17.1 Å². The van der Waals surface area contributed by atoms with Crippen molar-refractivity contribution in [1.82, 2.24) is 4.98 Å². The number of aryl methyl sites for hydroxylation is 1. The van der Waals surface area contributed by atoms with Gasteiger partial charge in [-0.15, -0.1) is 0 Å². The Bertz CT molecular complexity index is 1300. The molecule has 0 bridgehead atoms. The van der Waals surface area contributed by atoms with Gasteiger partial charge in [-0.25, -0.2) is 9.78 Å². The summed E-state index contributed by atoms with van der Waals surface area (Å²) in [6.07, 6.45) is 7.41. The van der Waals surface area contributed by atoms with Crippen molar-refractivity contribution in [2.24, 2.45) is 0 Å². The van der Waals surface area contributed by atoms with E-state index in [0.717, 1.165) is 36.1 Å². The number of benzene rings is 2. The highest BCUT2D eigenvalue weighted by molar-refractivity contribution is 6.08. The quantitative estimate of drug-likeness (QED) is 0.153. The number of ketones is 1. The Kier molecular flexibility index (Phi) is 11.2. The molecule has 3 aromatic rings. The zero-order valence-electron chi connectivity index (χ0n) is 22.5. The number of pyridine rings is 1. The minimum Gasteiger partial charge on any atom is -0.497 e. The minimum absolute atomic E-state index is 0.0491. The summed E-state index contributed by atoms with van der Waals surface area (Å²) in [5.74, 6) is 0.116. The predicted molar refractivity (Wildman–Crippen MR) is 147 cm³/mol. The third-order valence-corrected chi connectivity index (χ3v) is 5.97. The third-order valence-electron chi connectivity index (χ3n) is 5.97. The van der Waals surface area contributed by atoms with Gasteiger partial charge < -0.3 is 18.9 Å². The van der Waals surface area contributed by atoms with E-state index in [4.69, 9.17) is 18.9 Å². The van der Waals surface area contributed by atoms with Crippen LogP contribution in [-0.2, 0) is 20.7 Å². The van der Waals surface area contributed by atoms with Crippen molar-refractivity contribution in [3.8, 4) is 11.5 Å². The molecule has 2 aromatic carbocycles. The Balaban J connectivity index is 1.61. The van der Waals surface area contributed by atoms with E-state index in [9.17, 15) is 14.4 Å². The van der Waals surface area contributed by atoms with Crippen molar-refractivity contribution in [1.29, 1.82) is 0 Å². The Morgan fingerprint density at radius 2 is 1.64 bits per heavy atom. The number of rotatable bonds is 14. The standard InChI is InChI=1S/C31H33NO7/c1-36-25-16-12-22(13-17-25)9-6-4-5-7-20-39-28-18-14-24(21-23(28)15-19-29(33)37-2)30(34)26-10-8-11-27(32-26)31(35)38-3/h6,8-14,16-18,21H,4-5,7,15,19-20H2,1-3H3/b9-6+. The van der Waals surface area contributed by atoms with Gasteiger partial charge in [-0.1, -0.05) is 30.4 Å². The minimum atomic E-state index is -0.622. The fourth-order valence-electron chi connectivity index (χ4n) is 3.80.